The van der Waals surface area contributed by atoms with Crippen LogP contribution in [0.1, 0.15) is 52.9 Å². The minimum atomic E-state index is 0.182. The van der Waals surface area contributed by atoms with E-state index < -0.39 is 0 Å². The summed E-state index contributed by atoms with van der Waals surface area (Å²) in [6, 6.07) is 0. The van der Waals surface area contributed by atoms with Crippen LogP contribution in [0.2, 0.25) is 0 Å². The molecule has 0 saturated heterocycles. The number of ketones is 1. The highest BCUT2D eigenvalue weighted by Crippen LogP contribution is 2.56. The molecule has 1 nitrogen and oxygen atoms in total. The molecule has 1 heteroatoms. The fourth-order valence-corrected chi connectivity index (χ4v) is 3.96. The third-order valence-corrected chi connectivity index (χ3v) is 4.80. The quantitative estimate of drug-likeness (QED) is 0.643. The van der Waals surface area contributed by atoms with Crippen LogP contribution in [0.3, 0.4) is 0 Å². The average Bonchev–Trinajstić information content (AvgIpc) is 2.55. The van der Waals surface area contributed by atoms with E-state index in [1.165, 1.54) is 24.8 Å². The topological polar surface area (TPSA) is 17.1 Å². The number of carbonyl (C=O) groups is 1. The molecule has 2 aliphatic rings. The summed E-state index contributed by atoms with van der Waals surface area (Å²) in [5.41, 5.74) is 1.73. The Morgan fingerprint density at radius 3 is 2.75 bits per heavy atom. The van der Waals surface area contributed by atoms with Crippen molar-refractivity contribution in [2.45, 2.75) is 52.9 Å². The van der Waals surface area contributed by atoms with Crippen molar-refractivity contribution in [3.63, 3.8) is 0 Å². The van der Waals surface area contributed by atoms with Crippen LogP contribution in [0.5, 0.6) is 0 Å². The molecule has 2 aliphatic carbocycles. The maximum atomic E-state index is 12.2. The van der Waals surface area contributed by atoms with Gasteiger partial charge in [-0.2, -0.15) is 0 Å². The smallest absolute Gasteiger partial charge is 0.139 e. The number of hydrogen-bond acceptors (Lipinski definition) is 1. The van der Waals surface area contributed by atoms with Crippen LogP contribution in [0, 0.1) is 23.2 Å². The van der Waals surface area contributed by atoms with Gasteiger partial charge in [-0.1, -0.05) is 32.9 Å². The van der Waals surface area contributed by atoms with Crippen molar-refractivity contribution in [2.75, 3.05) is 0 Å². The van der Waals surface area contributed by atoms with Gasteiger partial charge in [0, 0.05) is 11.8 Å². The molecule has 0 bridgehead atoms. The van der Waals surface area contributed by atoms with Gasteiger partial charge in [0.15, 0.2) is 0 Å². The summed E-state index contributed by atoms with van der Waals surface area (Å²) in [5.74, 6) is 1.41. The van der Waals surface area contributed by atoms with Crippen molar-refractivity contribution in [1.29, 1.82) is 0 Å². The molecular weight excluding hydrogens is 196 g/mol. The van der Waals surface area contributed by atoms with Gasteiger partial charge >= 0.3 is 0 Å². The highest BCUT2D eigenvalue weighted by Gasteiger charge is 2.50. The summed E-state index contributed by atoms with van der Waals surface area (Å²) in [7, 11) is 0. The normalized spacial score (nSPS) is 38.9. The van der Waals surface area contributed by atoms with Crippen molar-refractivity contribution in [3.05, 3.63) is 12.2 Å². The summed E-state index contributed by atoms with van der Waals surface area (Å²) in [4.78, 5) is 12.2. The Balaban J connectivity index is 2.24. The fourth-order valence-electron chi connectivity index (χ4n) is 3.96. The Kier molecular flexibility index (Phi) is 2.98. The molecule has 0 amide bonds. The van der Waals surface area contributed by atoms with Crippen LogP contribution in [-0.2, 0) is 4.79 Å². The molecular formula is C15H24O. The first-order valence-electron chi connectivity index (χ1n) is 6.67. The SMILES string of the molecule is C=C1CCC[C@]2(C)CC[C@@H](C(=O)C(C)C)[C@H]12. The first kappa shape index (κ1) is 11.9. The third kappa shape index (κ3) is 1.74. The lowest BCUT2D eigenvalue weighted by atomic mass is 9.64. The Morgan fingerprint density at radius 1 is 1.44 bits per heavy atom. The van der Waals surface area contributed by atoms with Crippen molar-refractivity contribution in [2.24, 2.45) is 23.2 Å². The van der Waals surface area contributed by atoms with Crippen molar-refractivity contribution in [1.82, 2.24) is 0 Å². The predicted octanol–water partition coefficient (Wildman–Crippen LogP) is 3.98. The zero-order valence-electron chi connectivity index (χ0n) is 10.9. The van der Waals surface area contributed by atoms with E-state index in [9.17, 15) is 4.79 Å². The maximum Gasteiger partial charge on any atom is 0.139 e. The number of Topliss-reactive ketones (excluding diaryl/α,β-unsaturated/α-hetero) is 1. The van der Waals surface area contributed by atoms with Crippen LogP contribution in [-0.4, -0.2) is 5.78 Å². The van der Waals surface area contributed by atoms with Crippen LogP contribution in [0.4, 0.5) is 0 Å². The first-order chi connectivity index (χ1) is 7.46. The summed E-state index contributed by atoms with van der Waals surface area (Å²) >= 11 is 0. The number of allylic oxidation sites excluding steroid dienone is 1. The minimum Gasteiger partial charge on any atom is -0.299 e. The maximum absolute atomic E-state index is 12.2. The van der Waals surface area contributed by atoms with Gasteiger partial charge in [-0.25, -0.2) is 0 Å². The number of carbonyl (C=O) groups excluding carboxylic acids is 1. The molecule has 2 rings (SSSR count). The number of hydrogen-bond donors (Lipinski definition) is 0. The Bertz CT molecular complexity index is 315. The summed E-state index contributed by atoms with van der Waals surface area (Å²) in [5, 5.41) is 0. The van der Waals surface area contributed by atoms with Gasteiger partial charge in [-0.3, -0.25) is 4.79 Å². The molecule has 0 unspecified atom stereocenters. The molecule has 0 radical (unpaired) electrons. The van der Waals surface area contributed by atoms with Crippen LogP contribution >= 0.6 is 0 Å². The Hall–Kier alpha value is -0.590. The number of fused-ring (bicyclic) bond motifs is 1. The van der Waals surface area contributed by atoms with Gasteiger partial charge in [0.1, 0.15) is 5.78 Å². The van der Waals surface area contributed by atoms with Crippen LogP contribution < -0.4 is 0 Å². The molecule has 2 fully saturated rings. The highest BCUT2D eigenvalue weighted by molar-refractivity contribution is 5.84. The van der Waals surface area contributed by atoms with Gasteiger partial charge < -0.3 is 0 Å². The second kappa shape index (κ2) is 4.01. The molecule has 0 N–H and O–H groups in total. The molecule has 0 aromatic heterocycles. The largest absolute Gasteiger partial charge is 0.299 e. The molecule has 0 spiro atoms. The third-order valence-electron chi connectivity index (χ3n) is 4.80. The van der Waals surface area contributed by atoms with E-state index >= 15 is 0 Å². The first-order valence-corrected chi connectivity index (χ1v) is 6.67. The van der Waals surface area contributed by atoms with E-state index in [1.807, 2.05) is 13.8 Å². The molecule has 0 aromatic rings. The van der Waals surface area contributed by atoms with Crippen LogP contribution in [0.25, 0.3) is 0 Å². The van der Waals surface area contributed by atoms with Gasteiger partial charge in [0.25, 0.3) is 0 Å². The highest BCUT2D eigenvalue weighted by atomic mass is 16.1. The van der Waals surface area contributed by atoms with Crippen LogP contribution in [0.15, 0.2) is 12.2 Å². The molecule has 90 valence electrons. The lowest BCUT2D eigenvalue weighted by molar-refractivity contribution is -0.127. The molecule has 16 heavy (non-hydrogen) atoms. The molecule has 0 aliphatic heterocycles. The van der Waals surface area contributed by atoms with E-state index in [1.54, 1.807) is 0 Å². The molecule has 0 aromatic carbocycles. The summed E-state index contributed by atoms with van der Waals surface area (Å²) in [6.45, 7) is 10.7. The molecule has 3 atom stereocenters. The zero-order valence-corrected chi connectivity index (χ0v) is 10.9. The zero-order chi connectivity index (χ0) is 11.9. The summed E-state index contributed by atoms with van der Waals surface area (Å²) in [6.07, 6.45) is 6.02. The second-order valence-electron chi connectivity index (χ2n) is 6.35. The van der Waals surface area contributed by atoms with E-state index in [0.29, 0.717) is 17.1 Å². The number of rotatable bonds is 2. The van der Waals surface area contributed by atoms with Crippen molar-refractivity contribution in [3.8, 4) is 0 Å². The summed E-state index contributed by atoms with van der Waals surface area (Å²) < 4.78 is 0. The molecule has 2 saturated carbocycles. The van der Waals surface area contributed by atoms with E-state index in [2.05, 4.69) is 13.5 Å². The molecule has 0 heterocycles. The Labute approximate surface area is 99.3 Å². The van der Waals surface area contributed by atoms with E-state index in [-0.39, 0.29) is 11.8 Å². The standard InChI is InChI=1S/C15H24O/c1-10(2)14(16)12-7-9-15(4)8-5-6-11(3)13(12)15/h10,12-13H,3,5-9H2,1-2,4H3/t12-,13+,15-/m1/s1. The minimum absolute atomic E-state index is 0.182. The van der Waals surface area contributed by atoms with Gasteiger partial charge in [-0.15, -0.1) is 0 Å². The van der Waals surface area contributed by atoms with Gasteiger partial charge in [-0.05, 0) is 43.4 Å². The van der Waals surface area contributed by atoms with E-state index in [0.717, 1.165) is 12.8 Å². The van der Waals surface area contributed by atoms with Gasteiger partial charge in [0.05, 0.1) is 0 Å². The monoisotopic (exact) mass is 220 g/mol. The Morgan fingerprint density at radius 2 is 2.12 bits per heavy atom. The van der Waals surface area contributed by atoms with E-state index in [4.69, 9.17) is 0 Å². The second-order valence-corrected chi connectivity index (χ2v) is 6.35. The predicted molar refractivity (Wildman–Crippen MR) is 67.2 cm³/mol. The lowest BCUT2D eigenvalue weighted by Crippen LogP contribution is -2.34. The fraction of sp³-hybridized carbons (Fsp3) is 0.800. The average molecular weight is 220 g/mol. The van der Waals surface area contributed by atoms with Gasteiger partial charge in [0.2, 0.25) is 0 Å². The lowest BCUT2D eigenvalue weighted by Gasteiger charge is -2.40. The van der Waals surface area contributed by atoms with Crippen molar-refractivity contribution >= 4 is 5.78 Å². The van der Waals surface area contributed by atoms with Crippen molar-refractivity contribution < 1.29 is 4.79 Å².